The van der Waals surface area contributed by atoms with E-state index in [-0.39, 0.29) is 13.1 Å². The van der Waals surface area contributed by atoms with Gasteiger partial charge in [-0.1, -0.05) is 0 Å². The second-order valence-electron chi connectivity index (χ2n) is 3.64. The number of nitrogens with zero attached hydrogens (tertiary/aromatic N) is 2. The highest BCUT2D eigenvalue weighted by atomic mass is 16.2. The fourth-order valence-electron chi connectivity index (χ4n) is 1.34. The molecule has 0 radical (unpaired) electrons. The molecule has 0 spiro atoms. The van der Waals surface area contributed by atoms with Crippen LogP contribution >= 0.6 is 0 Å². The SMILES string of the molecule is Cc1nn(C)cc1CNC(=O)C(=O)NCCN. The molecule has 0 unspecified atom stereocenters. The minimum Gasteiger partial charge on any atom is -0.347 e. The number of carbonyl (C=O) groups excluding carboxylic acids is 2. The number of hydrogen-bond acceptors (Lipinski definition) is 4. The second kappa shape index (κ2) is 6.00. The molecule has 0 aromatic carbocycles. The maximum absolute atomic E-state index is 11.3. The fourth-order valence-corrected chi connectivity index (χ4v) is 1.34. The van der Waals surface area contributed by atoms with Crippen molar-refractivity contribution in [2.75, 3.05) is 13.1 Å². The zero-order valence-electron chi connectivity index (χ0n) is 9.99. The molecule has 0 bridgehead atoms. The summed E-state index contributed by atoms with van der Waals surface area (Å²) in [6, 6.07) is 0. The summed E-state index contributed by atoms with van der Waals surface area (Å²) in [5.41, 5.74) is 6.92. The molecule has 1 aromatic heterocycles. The third kappa shape index (κ3) is 3.87. The largest absolute Gasteiger partial charge is 0.347 e. The van der Waals surface area contributed by atoms with Gasteiger partial charge in [0.2, 0.25) is 0 Å². The molecule has 2 amide bonds. The maximum Gasteiger partial charge on any atom is 0.309 e. The van der Waals surface area contributed by atoms with Crippen LogP contribution in [0.3, 0.4) is 0 Å². The number of nitrogens with two attached hydrogens (primary N) is 1. The third-order valence-corrected chi connectivity index (χ3v) is 2.19. The van der Waals surface area contributed by atoms with Crippen molar-refractivity contribution in [3.05, 3.63) is 17.5 Å². The summed E-state index contributed by atoms with van der Waals surface area (Å²) in [6.45, 7) is 2.73. The highest BCUT2D eigenvalue weighted by molar-refractivity contribution is 6.35. The van der Waals surface area contributed by atoms with E-state index in [1.165, 1.54) is 0 Å². The van der Waals surface area contributed by atoms with Crippen LogP contribution in [0.2, 0.25) is 0 Å². The lowest BCUT2D eigenvalue weighted by molar-refractivity contribution is -0.139. The molecule has 0 fully saturated rings. The van der Waals surface area contributed by atoms with Crippen LogP contribution in [0.25, 0.3) is 0 Å². The normalized spacial score (nSPS) is 10.1. The van der Waals surface area contributed by atoms with Crippen molar-refractivity contribution in [3.8, 4) is 0 Å². The standard InChI is InChI=1S/C10H17N5O2/c1-7-8(6-15(2)14-7)5-13-10(17)9(16)12-4-3-11/h6H,3-5,11H2,1-2H3,(H,12,16)(H,13,17). The molecule has 4 N–H and O–H groups in total. The lowest BCUT2D eigenvalue weighted by Gasteiger charge is -2.04. The average molecular weight is 239 g/mol. The molecule has 0 aliphatic carbocycles. The predicted molar refractivity (Wildman–Crippen MR) is 61.9 cm³/mol. The van der Waals surface area contributed by atoms with Crippen molar-refractivity contribution < 1.29 is 9.59 Å². The minimum atomic E-state index is -0.669. The Labute approximate surface area is 99.4 Å². The lowest BCUT2D eigenvalue weighted by Crippen LogP contribution is -2.41. The Morgan fingerprint density at radius 1 is 1.41 bits per heavy atom. The number of aryl methyl sites for hydroxylation is 2. The molecule has 7 heteroatoms. The lowest BCUT2D eigenvalue weighted by atomic mass is 10.2. The second-order valence-corrected chi connectivity index (χ2v) is 3.64. The van der Waals surface area contributed by atoms with E-state index in [4.69, 9.17) is 5.73 Å². The van der Waals surface area contributed by atoms with Crippen molar-refractivity contribution in [3.63, 3.8) is 0 Å². The number of rotatable bonds is 4. The van der Waals surface area contributed by atoms with Crippen molar-refractivity contribution in [1.82, 2.24) is 20.4 Å². The van der Waals surface area contributed by atoms with Gasteiger partial charge < -0.3 is 16.4 Å². The average Bonchev–Trinajstić information content (AvgIpc) is 2.61. The Balaban J connectivity index is 2.43. The van der Waals surface area contributed by atoms with Crippen LogP contribution < -0.4 is 16.4 Å². The van der Waals surface area contributed by atoms with E-state index in [0.717, 1.165) is 11.3 Å². The number of hydrogen-bond donors (Lipinski definition) is 3. The molecule has 0 saturated carbocycles. The first kappa shape index (κ1) is 13.2. The highest BCUT2D eigenvalue weighted by Crippen LogP contribution is 2.03. The summed E-state index contributed by atoms with van der Waals surface area (Å²) >= 11 is 0. The first-order valence-corrected chi connectivity index (χ1v) is 5.29. The smallest absolute Gasteiger partial charge is 0.309 e. The number of aromatic nitrogens is 2. The molecule has 7 nitrogen and oxygen atoms in total. The summed E-state index contributed by atoms with van der Waals surface area (Å²) in [7, 11) is 1.80. The summed E-state index contributed by atoms with van der Waals surface area (Å²) in [6.07, 6.45) is 1.80. The van der Waals surface area contributed by atoms with Gasteiger partial charge in [0.25, 0.3) is 0 Å². The molecule has 0 aliphatic rings. The van der Waals surface area contributed by atoms with Gasteiger partial charge in [0, 0.05) is 38.4 Å². The first-order chi connectivity index (χ1) is 8.04. The van der Waals surface area contributed by atoms with E-state index in [9.17, 15) is 9.59 Å². The molecule has 0 saturated heterocycles. The summed E-state index contributed by atoms with van der Waals surface area (Å²) < 4.78 is 1.66. The Morgan fingerprint density at radius 3 is 2.59 bits per heavy atom. The zero-order chi connectivity index (χ0) is 12.8. The van der Waals surface area contributed by atoms with E-state index in [2.05, 4.69) is 15.7 Å². The number of carbonyl (C=O) groups is 2. The van der Waals surface area contributed by atoms with Crippen LogP contribution in [0.4, 0.5) is 0 Å². The molecule has 1 heterocycles. The van der Waals surface area contributed by atoms with Crippen LogP contribution in [0.5, 0.6) is 0 Å². The van der Waals surface area contributed by atoms with E-state index in [0.29, 0.717) is 6.54 Å². The quantitative estimate of drug-likeness (QED) is 0.552. The van der Waals surface area contributed by atoms with E-state index < -0.39 is 11.8 Å². The van der Waals surface area contributed by atoms with E-state index >= 15 is 0 Å². The molecule has 0 atom stereocenters. The monoisotopic (exact) mass is 239 g/mol. The van der Waals surface area contributed by atoms with Gasteiger partial charge in [-0.15, -0.1) is 0 Å². The fraction of sp³-hybridized carbons (Fsp3) is 0.500. The van der Waals surface area contributed by atoms with Gasteiger partial charge in [0.1, 0.15) is 0 Å². The van der Waals surface area contributed by atoms with Crippen LogP contribution in [-0.4, -0.2) is 34.7 Å². The van der Waals surface area contributed by atoms with Gasteiger partial charge in [0.15, 0.2) is 0 Å². The van der Waals surface area contributed by atoms with Crippen molar-refractivity contribution in [2.24, 2.45) is 12.8 Å². The number of nitrogens with one attached hydrogen (secondary N) is 2. The molecule has 1 aromatic rings. The van der Waals surface area contributed by atoms with Crippen molar-refractivity contribution >= 4 is 11.8 Å². The van der Waals surface area contributed by atoms with Crippen molar-refractivity contribution in [2.45, 2.75) is 13.5 Å². The van der Waals surface area contributed by atoms with Gasteiger partial charge in [-0.3, -0.25) is 14.3 Å². The third-order valence-electron chi connectivity index (χ3n) is 2.19. The Kier molecular flexibility index (Phi) is 4.65. The maximum atomic E-state index is 11.3. The Morgan fingerprint density at radius 2 is 2.06 bits per heavy atom. The van der Waals surface area contributed by atoms with Gasteiger partial charge in [-0.25, -0.2) is 0 Å². The van der Waals surface area contributed by atoms with Crippen LogP contribution in [0.1, 0.15) is 11.3 Å². The Bertz CT molecular complexity index is 413. The molecule has 0 aliphatic heterocycles. The first-order valence-electron chi connectivity index (χ1n) is 5.29. The van der Waals surface area contributed by atoms with Gasteiger partial charge in [-0.2, -0.15) is 5.10 Å². The van der Waals surface area contributed by atoms with Gasteiger partial charge in [-0.05, 0) is 6.92 Å². The molecule has 17 heavy (non-hydrogen) atoms. The zero-order valence-corrected chi connectivity index (χ0v) is 9.99. The summed E-state index contributed by atoms with van der Waals surface area (Å²) in [5, 5.41) is 9.04. The number of amides is 2. The van der Waals surface area contributed by atoms with Crippen LogP contribution in [0, 0.1) is 6.92 Å². The Hall–Kier alpha value is -1.89. The molecular weight excluding hydrogens is 222 g/mol. The van der Waals surface area contributed by atoms with Crippen molar-refractivity contribution in [1.29, 1.82) is 0 Å². The topological polar surface area (TPSA) is 102 Å². The van der Waals surface area contributed by atoms with Gasteiger partial charge >= 0.3 is 11.8 Å². The van der Waals surface area contributed by atoms with E-state index in [1.54, 1.807) is 17.9 Å². The molecular formula is C10H17N5O2. The molecule has 1 rings (SSSR count). The highest BCUT2D eigenvalue weighted by Gasteiger charge is 2.12. The minimum absolute atomic E-state index is 0.286. The predicted octanol–water partition coefficient (Wildman–Crippen LogP) is -1.58. The molecule has 94 valence electrons. The van der Waals surface area contributed by atoms with Crippen LogP contribution in [0.15, 0.2) is 6.20 Å². The summed E-state index contributed by atoms with van der Waals surface area (Å²) in [5.74, 6) is -1.33. The van der Waals surface area contributed by atoms with Crippen LogP contribution in [-0.2, 0) is 23.2 Å². The van der Waals surface area contributed by atoms with Gasteiger partial charge in [0.05, 0.1) is 5.69 Å². The summed E-state index contributed by atoms with van der Waals surface area (Å²) in [4.78, 5) is 22.6. The van der Waals surface area contributed by atoms with E-state index in [1.807, 2.05) is 6.92 Å².